The molecule has 2 aromatic heterocycles. The van der Waals surface area contributed by atoms with Crippen LogP contribution in [0.5, 0.6) is 0 Å². The summed E-state index contributed by atoms with van der Waals surface area (Å²) in [6, 6.07) is 17.8. The first-order chi connectivity index (χ1) is 13.1. The maximum Gasteiger partial charge on any atom is 0.214 e. The zero-order chi connectivity index (χ0) is 18.8. The Hall–Kier alpha value is -2.90. The molecule has 27 heavy (non-hydrogen) atoms. The minimum absolute atomic E-state index is 0.0563. The SMILES string of the molecule is Fc1ccc(-c2ccc(CNn3c(-c4ccccc4)n[nH]c3=S)o2)cc1Cl. The second-order valence-electron chi connectivity index (χ2n) is 5.78. The number of nitrogens with one attached hydrogen (secondary N) is 2. The Morgan fingerprint density at radius 3 is 2.70 bits per heavy atom. The van der Waals surface area contributed by atoms with Crippen LogP contribution in [0.25, 0.3) is 22.7 Å². The fraction of sp³-hybridized carbons (Fsp3) is 0.0526. The van der Waals surface area contributed by atoms with Crippen LogP contribution in [0.2, 0.25) is 5.02 Å². The van der Waals surface area contributed by atoms with Crippen molar-refractivity contribution in [3.05, 3.63) is 82.0 Å². The molecule has 4 aromatic rings. The normalized spacial score (nSPS) is 10.9. The van der Waals surface area contributed by atoms with Gasteiger partial charge in [-0.25, -0.2) is 14.2 Å². The summed E-state index contributed by atoms with van der Waals surface area (Å²) in [5, 5.41) is 7.11. The summed E-state index contributed by atoms with van der Waals surface area (Å²) in [5.41, 5.74) is 4.84. The molecule has 2 heterocycles. The van der Waals surface area contributed by atoms with Gasteiger partial charge < -0.3 is 9.84 Å². The predicted molar refractivity (Wildman–Crippen MR) is 105 cm³/mol. The average molecular weight is 401 g/mol. The van der Waals surface area contributed by atoms with Gasteiger partial charge in [-0.2, -0.15) is 5.10 Å². The molecular weight excluding hydrogens is 387 g/mol. The van der Waals surface area contributed by atoms with Crippen LogP contribution >= 0.6 is 23.8 Å². The zero-order valence-corrected chi connectivity index (χ0v) is 15.5. The summed E-state index contributed by atoms with van der Waals surface area (Å²) in [6.45, 7) is 0.391. The van der Waals surface area contributed by atoms with Gasteiger partial charge in [0, 0.05) is 11.1 Å². The lowest BCUT2D eigenvalue weighted by atomic mass is 10.2. The summed E-state index contributed by atoms with van der Waals surface area (Å²) in [4.78, 5) is 0. The third-order valence-corrected chi connectivity index (χ3v) is 4.55. The maximum atomic E-state index is 13.3. The number of furan rings is 1. The van der Waals surface area contributed by atoms with Gasteiger partial charge >= 0.3 is 0 Å². The van der Waals surface area contributed by atoms with Crippen LogP contribution in [0.1, 0.15) is 5.76 Å². The molecule has 2 N–H and O–H groups in total. The van der Waals surface area contributed by atoms with Gasteiger partial charge in [0.1, 0.15) is 17.3 Å². The minimum Gasteiger partial charge on any atom is -0.459 e. The number of hydrogen-bond acceptors (Lipinski definition) is 4. The lowest BCUT2D eigenvalue weighted by molar-refractivity contribution is 0.522. The third-order valence-electron chi connectivity index (χ3n) is 3.98. The van der Waals surface area contributed by atoms with Crippen molar-refractivity contribution in [2.24, 2.45) is 0 Å². The zero-order valence-electron chi connectivity index (χ0n) is 13.9. The maximum absolute atomic E-state index is 13.3. The van der Waals surface area contributed by atoms with Gasteiger partial charge in [-0.1, -0.05) is 41.9 Å². The Kier molecular flexibility index (Phi) is 4.79. The summed E-state index contributed by atoms with van der Waals surface area (Å²) >= 11 is 11.1. The second-order valence-corrected chi connectivity index (χ2v) is 6.58. The second kappa shape index (κ2) is 7.38. The van der Waals surface area contributed by atoms with E-state index in [0.29, 0.717) is 34.2 Å². The molecule has 8 heteroatoms. The monoisotopic (exact) mass is 400 g/mol. The Morgan fingerprint density at radius 1 is 1.11 bits per heavy atom. The third kappa shape index (κ3) is 3.65. The molecule has 0 spiro atoms. The van der Waals surface area contributed by atoms with E-state index in [1.807, 2.05) is 42.5 Å². The minimum atomic E-state index is -0.461. The Bertz CT molecular complexity index is 1140. The van der Waals surface area contributed by atoms with E-state index in [9.17, 15) is 4.39 Å². The van der Waals surface area contributed by atoms with Crippen molar-refractivity contribution in [3.63, 3.8) is 0 Å². The summed E-state index contributed by atoms with van der Waals surface area (Å²) < 4.78 is 21.3. The molecule has 5 nitrogen and oxygen atoms in total. The van der Waals surface area contributed by atoms with Gasteiger partial charge in [-0.3, -0.25) is 0 Å². The molecule has 0 saturated heterocycles. The number of aromatic nitrogens is 3. The Labute approximate surface area is 164 Å². The molecule has 136 valence electrons. The molecule has 0 atom stereocenters. The van der Waals surface area contributed by atoms with Crippen LogP contribution in [0.15, 0.2) is 65.1 Å². The highest BCUT2D eigenvalue weighted by Crippen LogP contribution is 2.26. The van der Waals surface area contributed by atoms with Gasteiger partial charge in [-0.15, -0.1) is 0 Å². The van der Waals surface area contributed by atoms with Gasteiger partial charge in [0.2, 0.25) is 4.77 Å². The average Bonchev–Trinajstić information content (AvgIpc) is 3.30. The van der Waals surface area contributed by atoms with Crippen molar-refractivity contribution in [1.82, 2.24) is 14.9 Å². The Balaban J connectivity index is 1.54. The van der Waals surface area contributed by atoms with Crippen LogP contribution in [0, 0.1) is 10.6 Å². The lowest BCUT2D eigenvalue weighted by Crippen LogP contribution is -2.15. The smallest absolute Gasteiger partial charge is 0.214 e. The number of aromatic amines is 1. The molecule has 0 radical (unpaired) electrons. The fourth-order valence-corrected chi connectivity index (χ4v) is 3.04. The molecule has 0 aliphatic rings. The standard InChI is InChI=1S/C19H14ClFN4OS/c20-15-10-13(6-8-16(15)21)17-9-7-14(26-17)11-22-25-18(23-24-19(25)27)12-4-2-1-3-5-12/h1-10,22H,11H2,(H,24,27). The first-order valence-corrected chi connectivity index (χ1v) is 8.91. The van der Waals surface area contributed by atoms with Gasteiger partial charge in [0.05, 0.1) is 11.6 Å². The van der Waals surface area contributed by atoms with E-state index >= 15 is 0 Å². The van der Waals surface area contributed by atoms with Crippen LogP contribution in [-0.4, -0.2) is 14.9 Å². The first-order valence-electron chi connectivity index (χ1n) is 8.12. The topological polar surface area (TPSA) is 58.8 Å². The van der Waals surface area contributed by atoms with Crippen LogP contribution in [0.4, 0.5) is 4.39 Å². The van der Waals surface area contributed by atoms with Crippen molar-refractivity contribution in [2.45, 2.75) is 6.54 Å². The molecule has 0 aliphatic carbocycles. The predicted octanol–water partition coefficient (Wildman–Crippen LogP) is 5.40. The van der Waals surface area contributed by atoms with Crippen molar-refractivity contribution in [1.29, 1.82) is 0 Å². The largest absolute Gasteiger partial charge is 0.459 e. The lowest BCUT2D eigenvalue weighted by Gasteiger charge is -2.08. The molecular formula is C19H14ClFN4OS. The van der Waals surface area contributed by atoms with Crippen molar-refractivity contribution in [3.8, 4) is 22.7 Å². The fourth-order valence-electron chi connectivity index (χ4n) is 2.66. The number of H-pyrrole nitrogens is 1. The van der Waals surface area contributed by atoms with Crippen molar-refractivity contribution >= 4 is 23.8 Å². The molecule has 0 bridgehead atoms. The molecule has 0 saturated carbocycles. The highest BCUT2D eigenvalue weighted by atomic mass is 35.5. The van der Waals surface area contributed by atoms with Crippen LogP contribution in [0.3, 0.4) is 0 Å². The van der Waals surface area contributed by atoms with Crippen LogP contribution in [-0.2, 0) is 6.54 Å². The molecule has 0 aliphatic heterocycles. The van der Waals surface area contributed by atoms with Crippen LogP contribution < -0.4 is 5.43 Å². The van der Waals surface area contributed by atoms with Gasteiger partial charge in [0.25, 0.3) is 0 Å². The summed E-state index contributed by atoms with van der Waals surface area (Å²) in [7, 11) is 0. The first kappa shape index (κ1) is 17.5. The van der Waals surface area contributed by atoms with E-state index in [0.717, 1.165) is 5.56 Å². The Morgan fingerprint density at radius 2 is 1.93 bits per heavy atom. The summed E-state index contributed by atoms with van der Waals surface area (Å²) in [5.74, 6) is 1.51. The molecule has 2 aromatic carbocycles. The highest BCUT2D eigenvalue weighted by molar-refractivity contribution is 7.71. The molecule has 0 amide bonds. The van der Waals surface area contributed by atoms with E-state index in [1.165, 1.54) is 12.1 Å². The number of benzene rings is 2. The van der Waals surface area contributed by atoms with Gasteiger partial charge in [-0.05, 0) is 42.5 Å². The molecule has 4 rings (SSSR count). The van der Waals surface area contributed by atoms with E-state index < -0.39 is 5.82 Å². The highest BCUT2D eigenvalue weighted by Gasteiger charge is 2.11. The van der Waals surface area contributed by atoms with E-state index in [2.05, 4.69) is 15.6 Å². The van der Waals surface area contributed by atoms with Crippen molar-refractivity contribution < 1.29 is 8.81 Å². The van der Waals surface area contributed by atoms with E-state index in [-0.39, 0.29) is 5.02 Å². The number of nitrogens with zero attached hydrogens (tertiary/aromatic N) is 2. The van der Waals surface area contributed by atoms with E-state index in [1.54, 1.807) is 10.7 Å². The quantitative estimate of drug-likeness (QED) is 0.440. The van der Waals surface area contributed by atoms with Gasteiger partial charge in [0.15, 0.2) is 5.82 Å². The molecule has 0 fully saturated rings. The van der Waals surface area contributed by atoms with Crippen molar-refractivity contribution in [2.75, 3.05) is 5.43 Å². The number of halogens is 2. The van der Waals surface area contributed by atoms with E-state index in [4.69, 9.17) is 28.2 Å². The number of rotatable bonds is 5. The number of hydrogen-bond donors (Lipinski definition) is 2. The molecule has 0 unspecified atom stereocenters. The summed E-state index contributed by atoms with van der Waals surface area (Å²) in [6.07, 6.45) is 0.